The van der Waals surface area contributed by atoms with Crippen LogP contribution in [0.2, 0.25) is 0 Å². The van der Waals surface area contributed by atoms with Crippen molar-refractivity contribution in [3.63, 3.8) is 0 Å². The standard InChI is InChI=1S/C4H3N3S/c1-2-5-8-4-3(1)6-7-4/h1-2,5H. The van der Waals surface area contributed by atoms with Gasteiger partial charge in [-0.3, -0.25) is 0 Å². The third-order valence-corrected chi connectivity index (χ3v) is 1.67. The number of aromatic amines is 1. The fraction of sp³-hybridized carbons (Fsp3) is 0. The van der Waals surface area contributed by atoms with Gasteiger partial charge in [0.25, 0.3) is 0 Å². The van der Waals surface area contributed by atoms with Gasteiger partial charge >= 0.3 is 0 Å². The number of fused-ring (bicyclic) bond motifs is 1. The van der Waals surface area contributed by atoms with Crippen molar-refractivity contribution in [2.45, 2.75) is 0 Å². The highest BCUT2D eigenvalue weighted by atomic mass is 32.1. The number of H-pyrrole nitrogens is 1. The number of nitrogens with one attached hydrogen (secondary N) is 1. The zero-order chi connectivity index (χ0) is 5.40. The maximum atomic E-state index is 3.75. The minimum absolute atomic E-state index is 0.993. The second-order valence-corrected chi connectivity index (χ2v) is 2.27. The molecule has 4 heteroatoms. The minimum Gasteiger partial charge on any atom is -0.317 e. The summed E-state index contributed by atoms with van der Waals surface area (Å²) < 4.78 is 2.94. The largest absolute Gasteiger partial charge is 0.317 e. The van der Waals surface area contributed by atoms with E-state index in [0.29, 0.717) is 0 Å². The van der Waals surface area contributed by atoms with Crippen LogP contribution in [0.15, 0.2) is 12.3 Å². The van der Waals surface area contributed by atoms with Crippen LogP contribution in [0.3, 0.4) is 0 Å². The van der Waals surface area contributed by atoms with Gasteiger partial charge in [-0.15, -0.1) is 10.2 Å². The van der Waals surface area contributed by atoms with E-state index in [9.17, 15) is 0 Å². The monoisotopic (exact) mass is 125 g/mol. The summed E-state index contributed by atoms with van der Waals surface area (Å²) in [5, 5.41) is 8.49. The lowest BCUT2D eigenvalue weighted by Crippen LogP contribution is -1.95. The molecule has 40 valence electrons. The molecule has 0 saturated heterocycles. The van der Waals surface area contributed by atoms with Crippen molar-refractivity contribution in [3.8, 4) is 10.7 Å². The van der Waals surface area contributed by atoms with Gasteiger partial charge in [-0.2, -0.15) is 0 Å². The van der Waals surface area contributed by atoms with Crippen molar-refractivity contribution < 1.29 is 0 Å². The molecule has 8 heavy (non-hydrogen) atoms. The van der Waals surface area contributed by atoms with Gasteiger partial charge < -0.3 is 4.37 Å². The van der Waals surface area contributed by atoms with Gasteiger partial charge in [0, 0.05) is 6.20 Å². The normalized spacial score (nSPS) is 10.5. The molecule has 0 unspecified atom stereocenters. The van der Waals surface area contributed by atoms with Crippen molar-refractivity contribution in [2.24, 2.45) is 0 Å². The lowest BCUT2D eigenvalue weighted by molar-refractivity contribution is 0.986. The number of hydrogen-bond acceptors (Lipinski definition) is 3. The van der Waals surface area contributed by atoms with Gasteiger partial charge in [-0.05, 0) is 17.6 Å². The molecule has 2 aliphatic rings. The van der Waals surface area contributed by atoms with Gasteiger partial charge in [0.1, 0.15) is 5.69 Å². The van der Waals surface area contributed by atoms with Gasteiger partial charge in [0.15, 0.2) is 5.01 Å². The van der Waals surface area contributed by atoms with Crippen molar-refractivity contribution in [1.29, 1.82) is 0 Å². The van der Waals surface area contributed by atoms with E-state index in [-0.39, 0.29) is 0 Å². The first-order valence-corrected chi connectivity index (χ1v) is 3.03. The molecular weight excluding hydrogens is 122 g/mol. The van der Waals surface area contributed by atoms with E-state index in [4.69, 9.17) is 0 Å². The predicted molar refractivity (Wildman–Crippen MR) is 30.9 cm³/mol. The molecule has 0 amide bonds. The summed E-state index contributed by atoms with van der Waals surface area (Å²) in [6, 6.07) is 1.90. The van der Waals surface area contributed by atoms with Crippen molar-refractivity contribution in [3.05, 3.63) is 12.3 Å². The zero-order valence-corrected chi connectivity index (χ0v) is 4.77. The van der Waals surface area contributed by atoms with Crippen LogP contribution in [0, 0.1) is 0 Å². The molecule has 0 bridgehead atoms. The summed E-state index contributed by atoms with van der Waals surface area (Å²) >= 11 is 1.50. The molecule has 1 N–H and O–H groups in total. The number of aromatic nitrogens is 3. The van der Waals surface area contributed by atoms with Crippen molar-refractivity contribution >= 4 is 11.5 Å². The van der Waals surface area contributed by atoms with Crippen LogP contribution < -0.4 is 0 Å². The van der Waals surface area contributed by atoms with Gasteiger partial charge in [0.05, 0.1) is 0 Å². The maximum Gasteiger partial charge on any atom is 0.182 e. The second-order valence-electron chi connectivity index (χ2n) is 1.44. The molecule has 3 nitrogen and oxygen atoms in total. The number of nitrogens with zero attached hydrogens (tertiary/aromatic N) is 2. The first-order chi connectivity index (χ1) is 3.97. The summed E-state index contributed by atoms with van der Waals surface area (Å²) in [5.41, 5.74) is 0.994. The van der Waals surface area contributed by atoms with E-state index in [1.807, 2.05) is 12.3 Å². The molecule has 0 aromatic heterocycles. The van der Waals surface area contributed by atoms with Crippen LogP contribution in [0.1, 0.15) is 0 Å². The Hall–Kier alpha value is -0.900. The van der Waals surface area contributed by atoms with Crippen molar-refractivity contribution in [1.82, 2.24) is 14.6 Å². The van der Waals surface area contributed by atoms with E-state index in [0.717, 1.165) is 10.7 Å². The molecule has 0 atom stereocenters. The highest BCUT2D eigenvalue weighted by Crippen LogP contribution is 2.18. The Morgan fingerprint density at radius 2 is 2.50 bits per heavy atom. The Balaban J connectivity index is 2.78. The lowest BCUT2D eigenvalue weighted by Gasteiger charge is -1.99. The topological polar surface area (TPSA) is 41.6 Å². The smallest absolute Gasteiger partial charge is 0.182 e. The van der Waals surface area contributed by atoms with E-state index in [1.165, 1.54) is 11.5 Å². The second kappa shape index (κ2) is 1.29. The fourth-order valence-electron chi connectivity index (χ4n) is 0.529. The van der Waals surface area contributed by atoms with Crippen LogP contribution in [0.5, 0.6) is 0 Å². The van der Waals surface area contributed by atoms with E-state index < -0.39 is 0 Å². The third-order valence-electron chi connectivity index (χ3n) is 0.933. The Morgan fingerprint density at radius 3 is 2.88 bits per heavy atom. The molecule has 0 saturated carbocycles. The molecule has 0 aromatic rings. The van der Waals surface area contributed by atoms with Crippen LogP contribution in [0.25, 0.3) is 10.7 Å². The minimum atomic E-state index is 0.993. The average molecular weight is 125 g/mol. The fourth-order valence-corrected chi connectivity index (χ4v) is 1.07. The summed E-state index contributed by atoms with van der Waals surface area (Å²) in [5.74, 6) is 0. The molecule has 0 spiro atoms. The van der Waals surface area contributed by atoms with Crippen LogP contribution in [-0.4, -0.2) is 14.6 Å². The Labute approximate surface area is 49.9 Å². The summed E-state index contributed by atoms with van der Waals surface area (Å²) in [6.07, 6.45) is 1.85. The maximum absolute atomic E-state index is 3.75. The van der Waals surface area contributed by atoms with E-state index >= 15 is 0 Å². The highest BCUT2D eigenvalue weighted by Gasteiger charge is 2.06. The quantitative estimate of drug-likeness (QED) is 0.570. The summed E-state index contributed by atoms with van der Waals surface area (Å²) in [7, 11) is 0. The molecule has 0 radical (unpaired) electrons. The van der Waals surface area contributed by atoms with Crippen LogP contribution >= 0.6 is 11.5 Å². The number of rotatable bonds is 0. The molecule has 2 rings (SSSR count). The van der Waals surface area contributed by atoms with Crippen molar-refractivity contribution in [2.75, 3.05) is 0 Å². The SMILES string of the molecule is c1cc2nnc-2s[nH]1. The lowest BCUT2D eigenvalue weighted by atomic mass is 10.4. The zero-order valence-electron chi connectivity index (χ0n) is 3.96. The van der Waals surface area contributed by atoms with Crippen LogP contribution in [-0.2, 0) is 0 Å². The Kier molecular flexibility index (Phi) is 0.648. The summed E-state index contributed by atoms with van der Waals surface area (Å²) in [4.78, 5) is 0. The predicted octanol–water partition coefficient (Wildman–Crippen LogP) is 0.971. The van der Waals surface area contributed by atoms with E-state index in [2.05, 4.69) is 14.6 Å². The summed E-state index contributed by atoms with van der Waals surface area (Å²) in [6.45, 7) is 0. The molecular formula is C4H3N3S. The third kappa shape index (κ3) is 0.376. The Bertz CT molecular complexity index is 221. The molecule has 0 fully saturated rings. The van der Waals surface area contributed by atoms with Crippen LogP contribution in [0.4, 0.5) is 0 Å². The van der Waals surface area contributed by atoms with Gasteiger partial charge in [-0.1, -0.05) is 0 Å². The van der Waals surface area contributed by atoms with Gasteiger partial charge in [0.2, 0.25) is 0 Å². The first-order valence-electron chi connectivity index (χ1n) is 2.22. The van der Waals surface area contributed by atoms with E-state index in [1.54, 1.807) is 0 Å². The molecule has 0 aliphatic carbocycles. The highest BCUT2D eigenvalue weighted by molar-refractivity contribution is 7.08. The molecule has 0 aromatic carbocycles. The molecule has 2 heterocycles. The average Bonchev–Trinajstić information content (AvgIpc) is 1.72. The molecule has 2 aliphatic heterocycles. The Morgan fingerprint density at radius 1 is 1.50 bits per heavy atom. The number of hydrogen-bond donors (Lipinski definition) is 1. The first kappa shape index (κ1) is 4.03. The van der Waals surface area contributed by atoms with Gasteiger partial charge in [-0.25, -0.2) is 0 Å².